The zero-order valence-electron chi connectivity index (χ0n) is 18.6. The van der Waals surface area contributed by atoms with E-state index in [0.29, 0.717) is 66.8 Å². The minimum atomic E-state index is -0.306. The molecule has 34 heavy (non-hydrogen) atoms. The summed E-state index contributed by atoms with van der Waals surface area (Å²) in [6.45, 7) is 4.46. The Labute approximate surface area is 196 Å². The van der Waals surface area contributed by atoms with E-state index in [-0.39, 0.29) is 5.82 Å². The van der Waals surface area contributed by atoms with Gasteiger partial charge in [-0.15, -0.1) is 0 Å². The van der Waals surface area contributed by atoms with Crippen molar-refractivity contribution in [2.24, 2.45) is 0 Å². The average Bonchev–Trinajstić information content (AvgIpc) is 2.85. The normalized spacial score (nSPS) is 13.5. The predicted molar refractivity (Wildman–Crippen MR) is 128 cm³/mol. The van der Waals surface area contributed by atoms with Gasteiger partial charge in [-0.25, -0.2) is 24.3 Å². The van der Waals surface area contributed by atoms with E-state index in [4.69, 9.17) is 4.74 Å². The summed E-state index contributed by atoms with van der Waals surface area (Å²) < 4.78 is 20.1. The Kier molecular flexibility index (Phi) is 6.21. The third-order valence-corrected chi connectivity index (χ3v) is 5.24. The molecule has 0 amide bonds. The van der Waals surface area contributed by atoms with Gasteiger partial charge in [-0.05, 0) is 49.4 Å². The van der Waals surface area contributed by atoms with Gasteiger partial charge in [0.1, 0.15) is 23.1 Å². The highest BCUT2D eigenvalue weighted by atomic mass is 19.1. The minimum absolute atomic E-state index is 0.306. The Hall–Kier alpha value is -4.18. The molecule has 1 aliphatic rings. The quantitative estimate of drug-likeness (QED) is 0.442. The molecule has 2 N–H and O–H groups in total. The van der Waals surface area contributed by atoms with Crippen molar-refractivity contribution in [2.45, 2.75) is 6.92 Å². The van der Waals surface area contributed by atoms with Gasteiger partial charge in [-0.3, -0.25) is 0 Å². The molecule has 1 saturated heterocycles. The van der Waals surface area contributed by atoms with Crippen LogP contribution in [0.1, 0.15) is 5.69 Å². The number of hydrogen-bond acceptors (Lipinski definition) is 9. The Bertz CT molecular complexity index is 1300. The van der Waals surface area contributed by atoms with Crippen molar-refractivity contribution in [3.8, 4) is 11.5 Å². The maximum Gasteiger partial charge on any atom is 0.229 e. The van der Waals surface area contributed by atoms with Gasteiger partial charge in [0, 0.05) is 36.9 Å². The number of ether oxygens (including phenoxy) is 1. The van der Waals surface area contributed by atoms with Crippen LogP contribution in [0.5, 0.6) is 0 Å². The molecule has 1 aromatic carbocycles. The number of halogens is 1. The zero-order valence-corrected chi connectivity index (χ0v) is 18.6. The van der Waals surface area contributed by atoms with Crippen LogP contribution in [0.2, 0.25) is 0 Å². The van der Waals surface area contributed by atoms with Crippen LogP contribution in [0, 0.1) is 12.7 Å². The highest BCUT2D eigenvalue weighted by Gasteiger charge is 2.15. The van der Waals surface area contributed by atoms with Crippen LogP contribution in [0.4, 0.5) is 33.3 Å². The highest BCUT2D eigenvalue weighted by Crippen LogP contribution is 2.25. The third-order valence-electron chi connectivity index (χ3n) is 5.24. The zero-order chi connectivity index (χ0) is 23.3. The van der Waals surface area contributed by atoms with E-state index in [9.17, 15) is 4.39 Å². The smallest absolute Gasteiger partial charge is 0.229 e. The fourth-order valence-corrected chi connectivity index (χ4v) is 3.61. The standard InChI is InChI=1S/C24H23FN8O/c1-16-3-2-4-19(28-16)23-26-9-7-21(31-23)30-22-8-10-27-24(32-22)29-17-5-6-20(18(25)15-17)33-11-13-34-14-12-33/h2-10,15H,11-14H2,1H3,(H2,26,27,29,30,31,32). The number of nitrogens with zero attached hydrogens (tertiary/aromatic N) is 6. The van der Waals surface area contributed by atoms with Crippen molar-refractivity contribution in [3.63, 3.8) is 0 Å². The molecular weight excluding hydrogens is 435 g/mol. The number of aromatic nitrogens is 5. The van der Waals surface area contributed by atoms with Crippen molar-refractivity contribution >= 4 is 29.0 Å². The van der Waals surface area contributed by atoms with Crippen molar-refractivity contribution in [3.05, 3.63) is 72.4 Å². The van der Waals surface area contributed by atoms with Crippen LogP contribution in [0.3, 0.4) is 0 Å². The van der Waals surface area contributed by atoms with Gasteiger partial charge < -0.3 is 20.3 Å². The molecule has 172 valence electrons. The molecular formula is C24H23FN8O. The minimum Gasteiger partial charge on any atom is -0.378 e. The number of nitrogens with one attached hydrogen (secondary N) is 2. The van der Waals surface area contributed by atoms with Crippen LogP contribution in [0.25, 0.3) is 11.5 Å². The van der Waals surface area contributed by atoms with Crippen LogP contribution in [0.15, 0.2) is 60.9 Å². The van der Waals surface area contributed by atoms with Crippen LogP contribution in [-0.4, -0.2) is 51.2 Å². The number of morpholine rings is 1. The Balaban J connectivity index is 1.30. The summed E-state index contributed by atoms with van der Waals surface area (Å²) in [6.07, 6.45) is 3.27. The molecule has 0 aliphatic carbocycles. The van der Waals surface area contributed by atoms with Crippen LogP contribution < -0.4 is 15.5 Å². The maximum absolute atomic E-state index is 14.7. The lowest BCUT2D eigenvalue weighted by Crippen LogP contribution is -2.36. The molecule has 0 atom stereocenters. The molecule has 3 aromatic heterocycles. The average molecular weight is 459 g/mol. The fourth-order valence-electron chi connectivity index (χ4n) is 3.61. The largest absolute Gasteiger partial charge is 0.378 e. The molecule has 9 nitrogen and oxygen atoms in total. The molecule has 5 rings (SSSR count). The first-order valence-corrected chi connectivity index (χ1v) is 10.9. The second-order valence-electron chi connectivity index (χ2n) is 7.71. The van der Waals surface area contributed by atoms with E-state index in [1.54, 1.807) is 30.6 Å². The summed E-state index contributed by atoms with van der Waals surface area (Å²) in [5.74, 6) is 1.64. The Morgan fingerprint density at radius 3 is 2.47 bits per heavy atom. The molecule has 1 fully saturated rings. The molecule has 1 aliphatic heterocycles. The summed E-state index contributed by atoms with van der Waals surface area (Å²) in [6, 6.07) is 14.2. The third kappa shape index (κ3) is 5.07. The van der Waals surface area contributed by atoms with E-state index in [1.165, 1.54) is 6.07 Å². The highest BCUT2D eigenvalue weighted by molar-refractivity contribution is 5.62. The second kappa shape index (κ2) is 9.75. The molecule has 4 heterocycles. The van der Waals surface area contributed by atoms with Crippen molar-refractivity contribution < 1.29 is 9.13 Å². The van der Waals surface area contributed by atoms with Gasteiger partial charge in [-0.2, -0.15) is 4.98 Å². The first-order chi connectivity index (χ1) is 16.6. The van der Waals surface area contributed by atoms with E-state index < -0.39 is 0 Å². The van der Waals surface area contributed by atoms with E-state index in [1.807, 2.05) is 36.1 Å². The fraction of sp³-hybridized carbons (Fsp3) is 0.208. The topological polar surface area (TPSA) is 101 Å². The van der Waals surface area contributed by atoms with Gasteiger partial charge in [0.25, 0.3) is 0 Å². The summed E-state index contributed by atoms with van der Waals surface area (Å²) >= 11 is 0. The summed E-state index contributed by atoms with van der Waals surface area (Å²) in [5, 5.41) is 6.21. The summed E-state index contributed by atoms with van der Waals surface area (Å²) in [5.41, 5.74) is 2.70. The molecule has 0 saturated carbocycles. The number of benzene rings is 1. The van der Waals surface area contributed by atoms with E-state index in [2.05, 4.69) is 35.6 Å². The van der Waals surface area contributed by atoms with Crippen molar-refractivity contribution in [2.75, 3.05) is 41.8 Å². The van der Waals surface area contributed by atoms with E-state index >= 15 is 0 Å². The SMILES string of the molecule is Cc1cccc(-c2nccc(Nc3ccnc(Nc4ccc(N5CCOCC5)c(F)c4)n3)n2)n1. The molecule has 4 aromatic rings. The molecule has 0 bridgehead atoms. The van der Waals surface area contributed by atoms with Crippen molar-refractivity contribution in [1.82, 2.24) is 24.9 Å². The lowest BCUT2D eigenvalue weighted by atomic mass is 10.2. The Morgan fingerprint density at radius 1 is 0.882 bits per heavy atom. The molecule has 0 radical (unpaired) electrons. The molecule has 10 heteroatoms. The number of aryl methyl sites for hydroxylation is 1. The molecule has 0 spiro atoms. The second-order valence-corrected chi connectivity index (χ2v) is 7.71. The first kappa shape index (κ1) is 21.7. The lowest BCUT2D eigenvalue weighted by Gasteiger charge is -2.29. The van der Waals surface area contributed by atoms with Gasteiger partial charge in [-0.1, -0.05) is 6.07 Å². The molecule has 0 unspecified atom stereocenters. The van der Waals surface area contributed by atoms with Crippen molar-refractivity contribution in [1.29, 1.82) is 0 Å². The lowest BCUT2D eigenvalue weighted by molar-refractivity contribution is 0.122. The number of pyridine rings is 1. The number of hydrogen-bond donors (Lipinski definition) is 2. The van der Waals surface area contributed by atoms with Crippen LogP contribution >= 0.6 is 0 Å². The summed E-state index contributed by atoms with van der Waals surface area (Å²) in [7, 11) is 0. The number of anilines is 5. The van der Waals surface area contributed by atoms with Gasteiger partial charge in [0.2, 0.25) is 5.95 Å². The summed E-state index contributed by atoms with van der Waals surface area (Å²) in [4.78, 5) is 24.0. The Morgan fingerprint density at radius 2 is 1.68 bits per heavy atom. The van der Waals surface area contributed by atoms with Gasteiger partial charge in [0.05, 0.1) is 18.9 Å². The number of rotatable bonds is 6. The van der Waals surface area contributed by atoms with E-state index in [0.717, 1.165) is 5.69 Å². The van der Waals surface area contributed by atoms with Gasteiger partial charge >= 0.3 is 0 Å². The monoisotopic (exact) mass is 458 g/mol. The maximum atomic E-state index is 14.7. The first-order valence-electron chi connectivity index (χ1n) is 10.9. The van der Waals surface area contributed by atoms with Gasteiger partial charge in [0.15, 0.2) is 5.82 Å². The predicted octanol–water partition coefficient (Wildman–Crippen LogP) is 4.10. The van der Waals surface area contributed by atoms with Crippen LogP contribution in [-0.2, 0) is 4.74 Å².